The number of hydrogen-bond acceptors (Lipinski definition) is 3. The largest absolute Gasteiger partial charge is 0.294 e. The second kappa shape index (κ2) is 2.41. The molecule has 0 aromatic carbocycles. The number of hydrogen-bond donors (Lipinski definition) is 1. The highest BCUT2D eigenvalue weighted by Gasteiger charge is 2.02. The highest BCUT2D eigenvalue weighted by Crippen LogP contribution is 2.09. The lowest BCUT2D eigenvalue weighted by Gasteiger charge is -1.92. The van der Waals surface area contributed by atoms with Gasteiger partial charge in [-0.05, 0) is 13.0 Å². The van der Waals surface area contributed by atoms with Crippen molar-refractivity contribution in [2.24, 2.45) is 0 Å². The van der Waals surface area contributed by atoms with Crippen molar-refractivity contribution in [1.82, 2.24) is 15.2 Å². The summed E-state index contributed by atoms with van der Waals surface area (Å²) >= 11 is 0. The fraction of sp³-hybridized carbons (Fsp3) is 0.125. The maximum atomic E-state index is 10.9. The molecule has 0 atom stereocenters. The van der Waals surface area contributed by atoms with Gasteiger partial charge in [0.25, 0.3) is 0 Å². The molecular formula is C8H7N3O. The molecule has 0 unspecified atom stereocenters. The van der Waals surface area contributed by atoms with Crippen LogP contribution in [0.15, 0.2) is 18.5 Å². The zero-order valence-electron chi connectivity index (χ0n) is 6.53. The van der Waals surface area contributed by atoms with E-state index >= 15 is 0 Å². The van der Waals surface area contributed by atoms with Crippen molar-refractivity contribution in [3.8, 4) is 0 Å². The van der Waals surface area contributed by atoms with Gasteiger partial charge in [-0.3, -0.25) is 9.89 Å². The number of aromatic amines is 1. The second-order valence-corrected chi connectivity index (χ2v) is 2.59. The van der Waals surface area contributed by atoms with Crippen molar-refractivity contribution in [3.63, 3.8) is 0 Å². The lowest BCUT2D eigenvalue weighted by Crippen LogP contribution is -1.92. The van der Waals surface area contributed by atoms with Crippen LogP contribution in [-0.2, 0) is 0 Å². The van der Waals surface area contributed by atoms with Crippen LogP contribution in [-0.4, -0.2) is 21.0 Å². The molecular weight excluding hydrogens is 154 g/mol. The number of carbonyl (C=O) groups is 1. The first-order valence-electron chi connectivity index (χ1n) is 3.57. The second-order valence-electron chi connectivity index (χ2n) is 2.59. The molecule has 2 heterocycles. The average Bonchev–Trinajstić information content (AvgIpc) is 2.49. The lowest BCUT2D eigenvalue weighted by molar-refractivity contribution is 0.101. The van der Waals surface area contributed by atoms with E-state index in [1.807, 2.05) is 0 Å². The number of aromatic nitrogens is 3. The molecule has 0 amide bonds. The topological polar surface area (TPSA) is 58.6 Å². The summed E-state index contributed by atoms with van der Waals surface area (Å²) in [4.78, 5) is 15.0. The highest BCUT2D eigenvalue weighted by molar-refractivity contribution is 5.96. The third-order valence-corrected chi connectivity index (χ3v) is 1.70. The zero-order chi connectivity index (χ0) is 8.55. The Morgan fingerprint density at radius 2 is 2.33 bits per heavy atom. The molecule has 0 aliphatic rings. The molecule has 1 N–H and O–H groups in total. The van der Waals surface area contributed by atoms with E-state index in [-0.39, 0.29) is 5.78 Å². The first-order chi connectivity index (χ1) is 5.77. The summed E-state index contributed by atoms with van der Waals surface area (Å²) in [5.74, 6) is 0.0191. The van der Waals surface area contributed by atoms with Crippen LogP contribution in [0.5, 0.6) is 0 Å². The molecule has 0 saturated carbocycles. The summed E-state index contributed by atoms with van der Waals surface area (Å²) < 4.78 is 0. The lowest BCUT2D eigenvalue weighted by atomic mass is 10.2. The Morgan fingerprint density at radius 1 is 1.50 bits per heavy atom. The van der Waals surface area contributed by atoms with Crippen LogP contribution < -0.4 is 0 Å². The predicted octanol–water partition coefficient (Wildman–Crippen LogP) is 1.16. The van der Waals surface area contributed by atoms with E-state index in [2.05, 4.69) is 15.2 Å². The minimum atomic E-state index is 0.0191. The van der Waals surface area contributed by atoms with E-state index in [0.29, 0.717) is 11.2 Å². The van der Waals surface area contributed by atoms with Crippen LogP contribution in [0.2, 0.25) is 0 Å². The summed E-state index contributed by atoms with van der Waals surface area (Å²) in [5, 5.41) is 7.38. The Balaban J connectivity index is 2.68. The summed E-state index contributed by atoms with van der Waals surface area (Å²) in [5.41, 5.74) is 1.32. The van der Waals surface area contributed by atoms with Crippen LogP contribution in [0, 0.1) is 0 Å². The van der Waals surface area contributed by atoms with Crippen molar-refractivity contribution < 1.29 is 4.79 Å². The Hall–Kier alpha value is -1.71. The van der Waals surface area contributed by atoms with Gasteiger partial charge in [0, 0.05) is 17.1 Å². The molecule has 0 radical (unpaired) electrons. The number of pyridine rings is 1. The monoisotopic (exact) mass is 161 g/mol. The van der Waals surface area contributed by atoms with Crippen molar-refractivity contribution in [2.75, 3.05) is 0 Å². The van der Waals surface area contributed by atoms with Crippen molar-refractivity contribution in [3.05, 3.63) is 24.0 Å². The van der Waals surface area contributed by atoms with E-state index in [1.54, 1.807) is 18.5 Å². The van der Waals surface area contributed by atoms with Gasteiger partial charge in [0.15, 0.2) is 11.4 Å². The standard InChI is InChI=1S/C8H7N3O/c1-5(12)6-2-7-4-10-11-8(7)9-3-6/h2-4H,1H3,(H,9,10,11). The zero-order valence-corrected chi connectivity index (χ0v) is 6.53. The van der Waals surface area contributed by atoms with Gasteiger partial charge in [0.2, 0.25) is 0 Å². The molecule has 0 fully saturated rings. The quantitative estimate of drug-likeness (QED) is 0.638. The minimum Gasteiger partial charge on any atom is -0.294 e. The van der Waals surface area contributed by atoms with Crippen LogP contribution >= 0.6 is 0 Å². The van der Waals surface area contributed by atoms with Gasteiger partial charge in [-0.2, -0.15) is 5.10 Å². The summed E-state index contributed by atoms with van der Waals surface area (Å²) in [6, 6.07) is 1.77. The van der Waals surface area contributed by atoms with E-state index in [1.165, 1.54) is 6.92 Å². The van der Waals surface area contributed by atoms with Gasteiger partial charge in [0.05, 0.1) is 6.20 Å². The van der Waals surface area contributed by atoms with Gasteiger partial charge in [0.1, 0.15) is 0 Å². The van der Waals surface area contributed by atoms with Gasteiger partial charge < -0.3 is 0 Å². The van der Waals surface area contributed by atoms with Gasteiger partial charge in [-0.15, -0.1) is 0 Å². The molecule has 0 aliphatic carbocycles. The van der Waals surface area contributed by atoms with Crippen LogP contribution in [0.1, 0.15) is 17.3 Å². The maximum Gasteiger partial charge on any atom is 0.161 e. The number of fused-ring (bicyclic) bond motifs is 1. The van der Waals surface area contributed by atoms with Crippen LogP contribution in [0.3, 0.4) is 0 Å². The molecule has 0 saturated heterocycles. The molecule has 2 aromatic heterocycles. The fourth-order valence-corrected chi connectivity index (χ4v) is 1.03. The number of H-pyrrole nitrogens is 1. The van der Waals surface area contributed by atoms with Crippen molar-refractivity contribution in [2.45, 2.75) is 6.92 Å². The van der Waals surface area contributed by atoms with Gasteiger partial charge in [-0.1, -0.05) is 0 Å². The van der Waals surface area contributed by atoms with E-state index in [9.17, 15) is 4.79 Å². The Labute approximate surface area is 68.6 Å². The normalized spacial score (nSPS) is 10.4. The molecule has 60 valence electrons. The molecule has 2 rings (SSSR count). The van der Waals surface area contributed by atoms with Crippen molar-refractivity contribution >= 4 is 16.8 Å². The van der Waals surface area contributed by atoms with E-state index in [4.69, 9.17) is 0 Å². The maximum absolute atomic E-state index is 10.9. The molecule has 0 bridgehead atoms. The number of carbonyl (C=O) groups excluding carboxylic acids is 1. The van der Waals surface area contributed by atoms with Crippen molar-refractivity contribution in [1.29, 1.82) is 0 Å². The first-order valence-corrected chi connectivity index (χ1v) is 3.57. The Morgan fingerprint density at radius 3 is 3.08 bits per heavy atom. The first kappa shape index (κ1) is 6.97. The van der Waals surface area contributed by atoms with E-state index in [0.717, 1.165) is 5.39 Å². The Kier molecular flexibility index (Phi) is 1.40. The molecule has 2 aromatic rings. The number of nitrogens with zero attached hydrogens (tertiary/aromatic N) is 2. The third kappa shape index (κ3) is 0.972. The Bertz CT molecular complexity index is 433. The predicted molar refractivity (Wildman–Crippen MR) is 43.9 cm³/mol. The number of ketones is 1. The highest BCUT2D eigenvalue weighted by atomic mass is 16.1. The summed E-state index contributed by atoms with van der Waals surface area (Å²) in [6.07, 6.45) is 3.19. The SMILES string of the molecule is CC(=O)c1cnc2[nH]ncc2c1. The summed E-state index contributed by atoms with van der Waals surface area (Å²) in [6.45, 7) is 1.52. The summed E-state index contributed by atoms with van der Waals surface area (Å²) in [7, 11) is 0. The fourth-order valence-electron chi connectivity index (χ4n) is 1.03. The van der Waals surface area contributed by atoms with Gasteiger partial charge >= 0.3 is 0 Å². The molecule has 0 aliphatic heterocycles. The molecule has 4 heteroatoms. The third-order valence-electron chi connectivity index (χ3n) is 1.70. The number of Topliss-reactive ketones (excluding diaryl/α,β-unsaturated/α-hetero) is 1. The number of rotatable bonds is 1. The molecule has 4 nitrogen and oxygen atoms in total. The molecule has 12 heavy (non-hydrogen) atoms. The average molecular weight is 161 g/mol. The van der Waals surface area contributed by atoms with Gasteiger partial charge in [-0.25, -0.2) is 4.98 Å². The minimum absolute atomic E-state index is 0.0191. The van der Waals surface area contributed by atoms with Crippen LogP contribution in [0.4, 0.5) is 0 Å². The number of nitrogens with one attached hydrogen (secondary N) is 1. The van der Waals surface area contributed by atoms with E-state index < -0.39 is 0 Å². The van der Waals surface area contributed by atoms with Crippen LogP contribution in [0.25, 0.3) is 11.0 Å². The molecule has 0 spiro atoms. The smallest absolute Gasteiger partial charge is 0.161 e.